The SMILES string of the molecule is COc1cccc2c1CCN(C(=O)N[C@@H]1CCc3nc(C)nn3C1)C2. The highest BCUT2D eigenvalue weighted by Gasteiger charge is 2.27. The molecule has 0 saturated carbocycles. The number of hydrogen-bond acceptors (Lipinski definition) is 4. The van der Waals surface area contributed by atoms with E-state index in [0.29, 0.717) is 19.6 Å². The van der Waals surface area contributed by atoms with Crippen LogP contribution in [0.25, 0.3) is 0 Å². The molecule has 3 heterocycles. The summed E-state index contributed by atoms with van der Waals surface area (Å²) >= 11 is 0. The fourth-order valence-corrected chi connectivity index (χ4v) is 3.76. The summed E-state index contributed by atoms with van der Waals surface area (Å²) < 4.78 is 7.35. The molecular formula is C18H23N5O2. The van der Waals surface area contributed by atoms with Crippen LogP contribution in [0.1, 0.15) is 29.2 Å². The summed E-state index contributed by atoms with van der Waals surface area (Å²) in [5, 5.41) is 7.56. The van der Waals surface area contributed by atoms with E-state index in [0.717, 1.165) is 36.7 Å². The molecule has 1 atom stereocenters. The largest absolute Gasteiger partial charge is 0.496 e. The molecule has 1 aromatic heterocycles. The molecule has 1 aromatic carbocycles. The van der Waals surface area contributed by atoms with Crippen molar-refractivity contribution in [3.8, 4) is 5.75 Å². The number of carbonyl (C=O) groups excluding carboxylic acids is 1. The van der Waals surface area contributed by atoms with Crippen molar-refractivity contribution in [2.75, 3.05) is 13.7 Å². The van der Waals surface area contributed by atoms with E-state index in [1.807, 2.05) is 28.6 Å². The van der Waals surface area contributed by atoms with Gasteiger partial charge in [0.2, 0.25) is 0 Å². The molecule has 0 unspecified atom stereocenters. The summed E-state index contributed by atoms with van der Waals surface area (Å²) in [4.78, 5) is 19.0. The Morgan fingerprint density at radius 2 is 2.24 bits per heavy atom. The quantitative estimate of drug-likeness (QED) is 0.902. The van der Waals surface area contributed by atoms with E-state index in [1.165, 1.54) is 11.1 Å². The lowest BCUT2D eigenvalue weighted by Crippen LogP contribution is -2.49. The Bertz CT molecular complexity index is 801. The van der Waals surface area contributed by atoms with Gasteiger partial charge in [-0.1, -0.05) is 12.1 Å². The van der Waals surface area contributed by atoms with Crippen molar-refractivity contribution in [3.63, 3.8) is 0 Å². The van der Waals surface area contributed by atoms with Gasteiger partial charge in [-0.2, -0.15) is 5.10 Å². The average Bonchev–Trinajstić information content (AvgIpc) is 3.00. The Balaban J connectivity index is 1.41. The third-order valence-corrected chi connectivity index (χ3v) is 5.02. The van der Waals surface area contributed by atoms with Crippen molar-refractivity contribution >= 4 is 6.03 Å². The number of fused-ring (bicyclic) bond motifs is 2. The highest BCUT2D eigenvalue weighted by atomic mass is 16.5. The molecule has 0 aliphatic carbocycles. The van der Waals surface area contributed by atoms with Crippen LogP contribution in [0.5, 0.6) is 5.75 Å². The van der Waals surface area contributed by atoms with Crippen LogP contribution < -0.4 is 10.1 Å². The highest BCUT2D eigenvalue weighted by molar-refractivity contribution is 5.75. The lowest BCUT2D eigenvalue weighted by Gasteiger charge is -2.32. The molecule has 0 bridgehead atoms. The van der Waals surface area contributed by atoms with Crippen molar-refractivity contribution in [3.05, 3.63) is 41.0 Å². The van der Waals surface area contributed by atoms with Crippen LogP contribution in [-0.4, -0.2) is 45.4 Å². The second-order valence-electron chi connectivity index (χ2n) is 6.71. The van der Waals surface area contributed by atoms with Crippen molar-refractivity contribution in [1.29, 1.82) is 0 Å². The van der Waals surface area contributed by atoms with Crippen LogP contribution in [0, 0.1) is 6.92 Å². The fraction of sp³-hybridized carbons (Fsp3) is 0.500. The summed E-state index contributed by atoms with van der Waals surface area (Å²) in [7, 11) is 1.69. The Kier molecular flexibility index (Phi) is 4.07. The van der Waals surface area contributed by atoms with E-state index in [-0.39, 0.29) is 12.1 Å². The van der Waals surface area contributed by atoms with Gasteiger partial charge in [-0.05, 0) is 31.4 Å². The Hall–Kier alpha value is -2.57. The minimum absolute atomic E-state index is 0.00115. The monoisotopic (exact) mass is 341 g/mol. The maximum Gasteiger partial charge on any atom is 0.317 e. The van der Waals surface area contributed by atoms with Crippen LogP contribution in [0.3, 0.4) is 0 Å². The molecule has 2 aliphatic heterocycles. The number of nitrogens with zero attached hydrogens (tertiary/aromatic N) is 4. The van der Waals surface area contributed by atoms with Gasteiger partial charge in [0.05, 0.1) is 19.7 Å². The smallest absolute Gasteiger partial charge is 0.317 e. The molecular weight excluding hydrogens is 318 g/mol. The van der Waals surface area contributed by atoms with E-state index >= 15 is 0 Å². The maximum absolute atomic E-state index is 12.7. The van der Waals surface area contributed by atoms with Crippen LogP contribution in [0.4, 0.5) is 4.79 Å². The molecule has 2 aliphatic rings. The number of benzene rings is 1. The van der Waals surface area contributed by atoms with Crippen molar-refractivity contribution < 1.29 is 9.53 Å². The molecule has 0 saturated heterocycles. The topological polar surface area (TPSA) is 72.3 Å². The Labute approximate surface area is 147 Å². The van der Waals surface area contributed by atoms with Gasteiger partial charge in [0.15, 0.2) is 0 Å². The number of ether oxygens (including phenoxy) is 1. The third kappa shape index (κ3) is 3.06. The van der Waals surface area contributed by atoms with Crippen molar-refractivity contribution in [2.45, 2.75) is 45.3 Å². The number of nitrogens with one attached hydrogen (secondary N) is 1. The first-order valence-electron chi connectivity index (χ1n) is 8.74. The number of carbonyl (C=O) groups is 1. The molecule has 4 rings (SSSR count). The number of amides is 2. The molecule has 2 amide bonds. The van der Waals surface area contributed by atoms with Gasteiger partial charge >= 0.3 is 6.03 Å². The standard InChI is InChI=1S/C18H23N5O2/c1-12-19-17-7-6-14(11-23(17)21-12)20-18(24)22-9-8-15-13(10-22)4-3-5-16(15)25-2/h3-5,14H,6-11H2,1-2H3,(H,20,24)/t14-/m1/s1. The minimum Gasteiger partial charge on any atom is -0.496 e. The van der Waals surface area contributed by atoms with Gasteiger partial charge in [0.1, 0.15) is 17.4 Å². The predicted molar refractivity (Wildman–Crippen MR) is 92.5 cm³/mol. The van der Waals surface area contributed by atoms with E-state index in [2.05, 4.69) is 21.5 Å². The zero-order valence-corrected chi connectivity index (χ0v) is 14.7. The van der Waals surface area contributed by atoms with E-state index < -0.39 is 0 Å². The molecule has 132 valence electrons. The second-order valence-corrected chi connectivity index (χ2v) is 6.71. The Morgan fingerprint density at radius 1 is 1.36 bits per heavy atom. The van der Waals surface area contributed by atoms with Gasteiger partial charge in [-0.15, -0.1) is 0 Å². The van der Waals surface area contributed by atoms with Gasteiger partial charge in [0.25, 0.3) is 0 Å². The van der Waals surface area contributed by atoms with Crippen molar-refractivity contribution in [2.24, 2.45) is 0 Å². The van der Waals surface area contributed by atoms with Gasteiger partial charge in [0, 0.05) is 25.1 Å². The summed E-state index contributed by atoms with van der Waals surface area (Å²) in [5.74, 6) is 2.73. The number of rotatable bonds is 2. The van der Waals surface area contributed by atoms with E-state index in [4.69, 9.17) is 4.74 Å². The number of urea groups is 1. The summed E-state index contributed by atoms with van der Waals surface area (Å²) in [5.41, 5.74) is 2.38. The molecule has 0 spiro atoms. The molecule has 0 fully saturated rings. The van der Waals surface area contributed by atoms with Crippen LogP contribution in [0.15, 0.2) is 18.2 Å². The Morgan fingerprint density at radius 3 is 3.08 bits per heavy atom. The number of hydrogen-bond donors (Lipinski definition) is 1. The van der Waals surface area contributed by atoms with Crippen LogP contribution in [-0.2, 0) is 25.9 Å². The van der Waals surface area contributed by atoms with Crippen LogP contribution >= 0.6 is 0 Å². The van der Waals surface area contributed by atoms with Crippen LogP contribution in [0.2, 0.25) is 0 Å². The van der Waals surface area contributed by atoms with Gasteiger partial charge in [-0.3, -0.25) is 0 Å². The maximum atomic E-state index is 12.7. The number of methoxy groups -OCH3 is 1. The molecule has 1 N–H and O–H groups in total. The van der Waals surface area contributed by atoms with Gasteiger partial charge in [-0.25, -0.2) is 14.5 Å². The second kappa shape index (κ2) is 6.38. The number of aryl methyl sites for hydroxylation is 2. The van der Waals surface area contributed by atoms with E-state index in [1.54, 1.807) is 7.11 Å². The molecule has 0 radical (unpaired) electrons. The average molecular weight is 341 g/mol. The third-order valence-electron chi connectivity index (χ3n) is 5.02. The zero-order chi connectivity index (χ0) is 17.4. The summed E-state index contributed by atoms with van der Waals surface area (Å²) in [6.45, 7) is 3.93. The van der Waals surface area contributed by atoms with Gasteiger partial charge < -0.3 is 15.0 Å². The molecule has 25 heavy (non-hydrogen) atoms. The summed E-state index contributed by atoms with van der Waals surface area (Å²) in [6, 6.07) is 6.14. The lowest BCUT2D eigenvalue weighted by molar-refractivity contribution is 0.183. The predicted octanol–water partition coefficient (Wildman–Crippen LogP) is 1.68. The fourth-order valence-electron chi connectivity index (χ4n) is 3.76. The molecule has 7 nitrogen and oxygen atoms in total. The lowest BCUT2D eigenvalue weighted by atomic mass is 9.99. The summed E-state index contributed by atoms with van der Waals surface area (Å²) in [6.07, 6.45) is 2.58. The molecule has 7 heteroatoms. The highest BCUT2D eigenvalue weighted by Crippen LogP contribution is 2.27. The van der Waals surface area contributed by atoms with Crippen molar-refractivity contribution in [1.82, 2.24) is 25.0 Å². The first-order valence-corrected chi connectivity index (χ1v) is 8.74. The molecule has 2 aromatic rings. The number of aromatic nitrogens is 3. The normalized spacial score (nSPS) is 19.1. The first-order chi connectivity index (χ1) is 12.1. The minimum atomic E-state index is -0.00115. The van der Waals surface area contributed by atoms with E-state index in [9.17, 15) is 4.79 Å². The zero-order valence-electron chi connectivity index (χ0n) is 14.7. The first kappa shape index (κ1) is 15.9.